The second kappa shape index (κ2) is 13.9. The average molecular weight is 701 g/mol. The molecule has 2 atom stereocenters. The summed E-state index contributed by atoms with van der Waals surface area (Å²) in [5.41, 5.74) is 13.7. The molecule has 1 fully saturated rings. The number of allylic oxidation sites excluding steroid dienone is 2. The third kappa shape index (κ3) is 6.19. The predicted octanol–water partition coefficient (Wildman–Crippen LogP) is 10.7. The number of rotatable bonds is 4. The van der Waals surface area contributed by atoms with Gasteiger partial charge in [0.15, 0.2) is 0 Å². The minimum atomic E-state index is 0. The van der Waals surface area contributed by atoms with E-state index in [0.29, 0.717) is 11.8 Å². The molecule has 2 aliphatic carbocycles. The second-order valence-electron chi connectivity index (χ2n) is 10.7. The van der Waals surface area contributed by atoms with E-state index in [1.165, 1.54) is 90.1 Å². The van der Waals surface area contributed by atoms with Crippen LogP contribution in [0.5, 0.6) is 0 Å². The molecule has 2 unspecified atom stereocenters. The zero-order valence-electron chi connectivity index (χ0n) is 24.0. The summed E-state index contributed by atoms with van der Waals surface area (Å²) in [6, 6.07) is 38.1. The van der Waals surface area contributed by atoms with E-state index in [0.717, 1.165) is 0 Å². The normalized spacial score (nSPS) is 18.2. The van der Waals surface area contributed by atoms with Crippen molar-refractivity contribution in [1.29, 1.82) is 0 Å². The van der Waals surface area contributed by atoms with E-state index in [2.05, 4.69) is 129 Å². The van der Waals surface area contributed by atoms with Gasteiger partial charge in [0.2, 0.25) is 0 Å². The van der Waals surface area contributed by atoms with Crippen LogP contribution < -0.4 is 0 Å². The fraction of sp³-hybridized carbons (Fsp3) is 0.211. The van der Waals surface area contributed by atoms with E-state index in [1.54, 1.807) is 0 Å². The Balaban J connectivity index is 0.000000479. The molecule has 1 saturated heterocycles. The Kier molecular flexibility index (Phi) is 10.5. The fourth-order valence-electron chi connectivity index (χ4n) is 6.22. The molecular weight excluding hydrogens is 663 g/mol. The van der Waals surface area contributed by atoms with Gasteiger partial charge in [0.05, 0.1) is 0 Å². The molecule has 0 amide bonds. The maximum Gasteiger partial charge on any atom is 0.0377 e. The van der Waals surface area contributed by atoms with Gasteiger partial charge in [-0.3, -0.25) is 0 Å². The molecule has 0 N–H and O–H groups in total. The van der Waals surface area contributed by atoms with Crippen molar-refractivity contribution in [3.05, 3.63) is 144 Å². The molecule has 2 radical (unpaired) electrons. The minimum absolute atomic E-state index is 0. The van der Waals surface area contributed by atoms with Crippen LogP contribution in [-0.4, -0.2) is 9.52 Å². The molecular formula is C38H38HfSi-2. The standard InChI is InChI=1S/C33H27.C4H8Si.CH3.Hf/c1-22-19-32-26(24-11-5-3-6-12-24)15-9-17-28(32)30(22)21-31-23(2)20-33-27(16-10-18-29(31)33)25-13-7-4-8-14-25;1-2-4-5-3-1;;/h3-21,30-31H,1-2H3;1-4H2;1H3;/q-1;;-1;. The first kappa shape index (κ1) is 30.4. The van der Waals surface area contributed by atoms with Gasteiger partial charge < -0.3 is 13.8 Å². The zero-order chi connectivity index (χ0) is 25.9. The summed E-state index contributed by atoms with van der Waals surface area (Å²) >= 11 is 0. The SMILES string of the molecule is C1CC[Si]C1.CC1=Cc2c(-c3ccccc3)cccc2C1[CH-]C1C(C)=Cc2c(-c3ccccc3)cccc21.[CH3-].[Hf]. The summed E-state index contributed by atoms with van der Waals surface area (Å²) in [6.07, 6.45) is 10.4. The van der Waals surface area contributed by atoms with Gasteiger partial charge in [-0.15, -0.1) is 11.8 Å². The Morgan fingerprint density at radius 3 is 1.38 bits per heavy atom. The Labute approximate surface area is 263 Å². The predicted molar refractivity (Wildman–Crippen MR) is 172 cm³/mol. The molecule has 0 aromatic heterocycles. The molecule has 2 heteroatoms. The monoisotopic (exact) mass is 702 g/mol. The summed E-state index contributed by atoms with van der Waals surface area (Å²) in [4.78, 5) is 0. The number of hydrogen-bond acceptors (Lipinski definition) is 0. The van der Waals surface area contributed by atoms with Crippen LogP contribution in [0.3, 0.4) is 0 Å². The maximum absolute atomic E-state index is 2.57. The quantitative estimate of drug-likeness (QED) is 0.147. The molecule has 40 heavy (non-hydrogen) atoms. The minimum Gasteiger partial charge on any atom is -0.358 e. The molecule has 0 saturated carbocycles. The molecule has 4 aromatic rings. The van der Waals surface area contributed by atoms with Crippen LogP contribution in [0, 0.1) is 13.8 Å². The fourth-order valence-corrected chi connectivity index (χ4v) is 7.47. The molecule has 4 aromatic carbocycles. The first-order valence-corrected chi connectivity index (χ1v) is 15.4. The van der Waals surface area contributed by atoms with Crippen LogP contribution in [0.1, 0.15) is 60.8 Å². The van der Waals surface area contributed by atoms with Gasteiger partial charge >= 0.3 is 0 Å². The van der Waals surface area contributed by atoms with Gasteiger partial charge in [0.1, 0.15) is 0 Å². The molecule has 1 heterocycles. The molecule has 3 aliphatic rings. The van der Waals surface area contributed by atoms with Gasteiger partial charge in [0, 0.05) is 35.4 Å². The Morgan fingerprint density at radius 2 is 1.00 bits per heavy atom. The number of benzene rings is 4. The Bertz CT molecular complexity index is 1360. The first-order chi connectivity index (χ1) is 18.7. The largest absolute Gasteiger partial charge is 0.358 e. The number of fused-ring (bicyclic) bond motifs is 2. The van der Waals surface area contributed by atoms with Gasteiger partial charge in [-0.05, 0) is 47.2 Å². The van der Waals surface area contributed by atoms with Gasteiger partial charge in [-0.1, -0.05) is 156 Å². The Hall–Kier alpha value is -2.55. The Morgan fingerprint density at radius 1 is 0.575 bits per heavy atom. The van der Waals surface area contributed by atoms with Gasteiger partial charge in [0.25, 0.3) is 0 Å². The van der Waals surface area contributed by atoms with Gasteiger partial charge in [-0.25, -0.2) is 0 Å². The molecule has 200 valence electrons. The van der Waals surface area contributed by atoms with Crippen molar-refractivity contribution in [1.82, 2.24) is 0 Å². The summed E-state index contributed by atoms with van der Waals surface area (Å²) < 4.78 is 0. The van der Waals surface area contributed by atoms with E-state index < -0.39 is 0 Å². The van der Waals surface area contributed by atoms with Crippen LogP contribution in [0.2, 0.25) is 12.1 Å². The smallest absolute Gasteiger partial charge is 0.0377 e. The maximum atomic E-state index is 2.57. The molecule has 1 aliphatic heterocycles. The molecule has 0 nitrogen and oxygen atoms in total. The van der Waals surface area contributed by atoms with Crippen LogP contribution >= 0.6 is 0 Å². The summed E-state index contributed by atoms with van der Waals surface area (Å²) in [5, 5.41) is 0. The van der Waals surface area contributed by atoms with Gasteiger partial charge in [-0.2, -0.15) is 0 Å². The van der Waals surface area contributed by atoms with E-state index in [-0.39, 0.29) is 33.3 Å². The van der Waals surface area contributed by atoms with Crippen molar-refractivity contribution in [2.24, 2.45) is 0 Å². The zero-order valence-corrected chi connectivity index (χ0v) is 28.5. The van der Waals surface area contributed by atoms with E-state index in [4.69, 9.17) is 0 Å². The van der Waals surface area contributed by atoms with E-state index >= 15 is 0 Å². The van der Waals surface area contributed by atoms with Crippen molar-refractivity contribution in [3.63, 3.8) is 0 Å². The van der Waals surface area contributed by atoms with Crippen LogP contribution in [0.25, 0.3) is 34.4 Å². The third-order valence-electron chi connectivity index (χ3n) is 8.19. The van der Waals surface area contributed by atoms with Crippen LogP contribution in [0.4, 0.5) is 0 Å². The van der Waals surface area contributed by atoms with Crippen molar-refractivity contribution in [2.45, 2.75) is 50.6 Å². The molecule has 0 bridgehead atoms. The van der Waals surface area contributed by atoms with Crippen LogP contribution in [0.15, 0.2) is 108 Å². The van der Waals surface area contributed by atoms with Crippen molar-refractivity contribution >= 4 is 21.7 Å². The summed E-state index contributed by atoms with van der Waals surface area (Å²) in [5.74, 6) is 0.673. The first-order valence-electron chi connectivity index (χ1n) is 14.0. The van der Waals surface area contributed by atoms with E-state index in [1.807, 2.05) is 0 Å². The average Bonchev–Trinajstić information content (AvgIpc) is 3.71. The second-order valence-corrected chi connectivity index (χ2v) is 12.2. The summed E-state index contributed by atoms with van der Waals surface area (Å²) in [7, 11) is 1.31. The molecule has 0 spiro atoms. The third-order valence-corrected chi connectivity index (χ3v) is 9.60. The van der Waals surface area contributed by atoms with E-state index in [9.17, 15) is 0 Å². The van der Waals surface area contributed by atoms with Crippen molar-refractivity contribution in [2.75, 3.05) is 0 Å². The van der Waals surface area contributed by atoms with Crippen LogP contribution in [-0.2, 0) is 25.8 Å². The summed E-state index contributed by atoms with van der Waals surface area (Å²) in [6.45, 7) is 4.57. The van der Waals surface area contributed by atoms with Crippen molar-refractivity contribution < 1.29 is 25.8 Å². The topological polar surface area (TPSA) is 0 Å². The number of hydrogen-bond donors (Lipinski definition) is 0. The molecule has 7 rings (SSSR count). The van der Waals surface area contributed by atoms with Crippen molar-refractivity contribution in [3.8, 4) is 22.3 Å².